The molecule has 0 heterocycles. The van der Waals surface area contributed by atoms with Gasteiger partial charge in [0.05, 0.1) is 0 Å². The van der Waals surface area contributed by atoms with Gasteiger partial charge in [-0.3, -0.25) is 0 Å². The van der Waals surface area contributed by atoms with E-state index in [0.29, 0.717) is 5.69 Å². The standard InChI is InChI=1S/C20H15NO/c22-21-19-13-7-8-16(14-19)15-20(17-9-3-1-4-10-17)18-11-5-2-6-12-18/h1-15H. The van der Waals surface area contributed by atoms with E-state index >= 15 is 0 Å². The van der Waals surface area contributed by atoms with Crippen LogP contribution in [-0.4, -0.2) is 0 Å². The van der Waals surface area contributed by atoms with Crippen molar-refractivity contribution in [3.8, 4) is 0 Å². The maximum atomic E-state index is 10.7. The molecule has 3 rings (SSSR count). The molecule has 0 spiro atoms. The first-order valence-electron chi connectivity index (χ1n) is 7.13. The predicted molar refractivity (Wildman–Crippen MR) is 91.8 cm³/mol. The molecule has 106 valence electrons. The van der Waals surface area contributed by atoms with Crippen molar-refractivity contribution in [2.24, 2.45) is 5.18 Å². The summed E-state index contributed by atoms with van der Waals surface area (Å²) in [5.74, 6) is 0. The van der Waals surface area contributed by atoms with Crippen molar-refractivity contribution < 1.29 is 0 Å². The van der Waals surface area contributed by atoms with E-state index in [0.717, 1.165) is 22.3 Å². The minimum Gasteiger partial charge on any atom is -0.145 e. The highest BCUT2D eigenvalue weighted by atomic mass is 16.3. The van der Waals surface area contributed by atoms with Gasteiger partial charge in [0, 0.05) is 0 Å². The van der Waals surface area contributed by atoms with Crippen molar-refractivity contribution in [1.29, 1.82) is 0 Å². The van der Waals surface area contributed by atoms with Gasteiger partial charge in [-0.25, -0.2) is 0 Å². The average molecular weight is 285 g/mol. The molecule has 0 fully saturated rings. The Morgan fingerprint density at radius 1 is 0.727 bits per heavy atom. The molecular weight excluding hydrogens is 270 g/mol. The third kappa shape index (κ3) is 3.18. The second-order valence-electron chi connectivity index (χ2n) is 4.98. The lowest BCUT2D eigenvalue weighted by Gasteiger charge is -2.09. The summed E-state index contributed by atoms with van der Waals surface area (Å²) >= 11 is 0. The van der Waals surface area contributed by atoms with Gasteiger partial charge in [0.1, 0.15) is 5.69 Å². The van der Waals surface area contributed by atoms with E-state index in [2.05, 4.69) is 35.5 Å². The summed E-state index contributed by atoms with van der Waals surface area (Å²) in [6.45, 7) is 0. The molecular formula is C20H15NO. The van der Waals surface area contributed by atoms with E-state index in [-0.39, 0.29) is 0 Å². The van der Waals surface area contributed by atoms with Gasteiger partial charge < -0.3 is 0 Å². The maximum Gasteiger partial charge on any atom is 0.108 e. The van der Waals surface area contributed by atoms with Gasteiger partial charge in [-0.05, 0) is 45.6 Å². The van der Waals surface area contributed by atoms with Gasteiger partial charge in [0.15, 0.2) is 0 Å². The Morgan fingerprint density at radius 2 is 1.32 bits per heavy atom. The van der Waals surface area contributed by atoms with Crippen molar-refractivity contribution in [2.75, 3.05) is 0 Å². The molecule has 2 nitrogen and oxygen atoms in total. The Hall–Kier alpha value is -3.00. The van der Waals surface area contributed by atoms with Crippen molar-refractivity contribution in [1.82, 2.24) is 0 Å². The van der Waals surface area contributed by atoms with Crippen LogP contribution in [0.1, 0.15) is 16.7 Å². The Bertz CT molecular complexity index is 751. The average Bonchev–Trinajstić information content (AvgIpc) is 2.61. The van der Waals surface area contributed by atoms with Crippen LogP contribution in [0.3, 0.4) is 0 Å². The first-order valence-corrected chi connectivity index (χ1v) is 7.13. The monoisotopic (exact) mass is 285 g/mol. The van der Waals surface area contributed by atoms with Crippen molar-refractivity contribution in [3.63, 3.8) is 0 Å². The van der Waals surface area contributed by atoms with Gasteiger partial charge in [-0.2, -0.15) is 0 Å². The molecule has 2 heteroatoms. The summed E-state index contributed by atoms with van der Waals surface area (Å²) in [6.07, 6.45) is 2.08. The topological polar surface area (TPSA) is 29.4 Å². The van der Waals surface area contributed by atoms with Gasteiger partial charge >= 0.3 is 0 Å². The zero-order valence-electron chi connectivity index (χ0n) is 12.0. The molecule has 0 aromatic heterocycles. The van der Waals surface area contributed by atoms with E-state index < -0.39 is 0 Å². The molecule has 0 N–H and O–H groups in total. The summed E-state index contributed by atoms with van der Waals surface area (Å²) in [4.78, 5) is 10.7. The number of hydrogen-bond donors (Lipinski definition) is 0. The molecule has 0 saturated carbocycles. The molecule has 0 aliphatic rings. The molecule has 0 saturated heterocycles. The lowest BCUT2D eigenvalue weighted by atomic mass is 9.96. The van der Waals surface area contributed by atoms with Crippen molar-refractivity contribution in [3.05, 3.63) is 107 Å². The quantitative estimate of drug-likeness (QED) is 0.448. The van der Waals surface area contributed by atoms with Crippen LogP contribution < -0.4 is 0 Å². The van der Waals surface area contributed by atoms with E-state index in [1.807, 2.05) is 48.5 Å². The van der Waals surface area contributed by atoms with E-state index in [1.54, 1.807) is 12.1 Å². The summed E-state index contributed by atoms with van der Waals surface area (Å²) in [5.41, 5.74) is 4.79. The number of hydrogen-bond acceptors (Lipinski definition) is 2. The first kappa shape index (κ1) is 14.0. The fourth-order valence-corrected chi connectivity index (χ4v) is 2.41. The number of rotatable bonds is 4. The summed E-state index contributed by atoms with van der Waals surface area (Å²) in [6, 6.07) is 27.7. The van der Waals surface area contributed by atoms with Gasteiger partial charge in [-0.15, -0.1) is 4.91 Å². The molecule has 0 unspecified atom stereocenters. The number of nitrogens with zero attached hydrogens (tertiary/aromatic N) is 1. The maximum absolute atomic E-state index is 10.7. The van der Waals surface area contributed by atoms with Gasteiger partial charge in [-0.1, -0.05) is 72.8 Å². The highest BCUT2D eigenvalue weighted by Crippen LogP contribution is 2.27. The Labute approximate surface area is 129 Å². The van der Waals surface area contributed by atoms with Gasteiger partial charge in [0.2, 0.25) is 0 Å². The van der Waals surface area contributed by atoms with Crippen molar-refractivity contribution >= 4 is 17.3 Å². The second-order valence-corrected chi connectivity index (χ2v) is 4.98. The van der Waals surface area contributed by atoms with Crippen LogP contribution in [0.5, 0.6) is 0 Å². The van der Waals surface area contributed by atoms with Crippen molar-refractivity contribution in [2.45, 2.75) is 0 Å². The molecule has 0 aliphatic carbocycles. The van der Waals surface area contributed by atoms with E-state index in [9.17, 15) is 4.91 Å². The molecule has 0 aliphatic heterocycles. The summed E-state index contributed by atoms with van der Waals surface area (Å²) in [7, 11) is 0. The second kappa shape index (κ2) is 6.64. The largest absolute Gasteiger partial charge is 0.145 e. The SMILES string of the molecule is O=Nc1cccc(C=C(c2ccccc2)c2ccccc2)c1. The predicted octanol–water partition coefficient (Wildman–Crippen LogP) is 5.67. The summed E-state index contributed by atoms with van der Waals surface area (Å²) in [5, 5.41) is 3.00. The van der Waals surface area contributed by atoms with Crippen LogP contribution in [0.2, 0.25) is 0 Å². The lowest BCUT2D eigenvalue weighted by Crippen LogP contribution is -1.87. The molecule has 0 atom stereocenters. The van der Waals surface area contributed by atoms with Crippen LogP contribution in [0.4, 0.5) is 5.69 Å². The first-order chi connectivity index (χ1) is 10.9. The fraction of sp³-hybridized carbons (Fsp3) is 0. The minimum atomic E-state index is 0.439. The Kier molecular flexibility index (Phi) is 4.21. The van der Waals surface area contributed by atoms with Crippen LogP contribution in [-0.2, 0) is 0 Å². The Morgan fingerprint density at radius 3 is 1.86 bits per heavy atom. The molecule has 3 aromatic carbocycles. The Balaban J connectivity index is 2.13. The molecule has 0 amide bonds. The third-order valence-electron chi connectivity index (χ3n) is 3.46. The van der Waals surface area contributed by atoms with Crippen LogP contribution in [0.15, 0.2) is 90.1 Å². The van der Waals surface area contributed by atoms with Crippen LogP contribution in [0, 0.1) is 4.91 Å². The minimum absolute atomic E-state index is 0.439. The molecule has 0 radical (unpaired) electrons. The van der Waals surface area contributed by atoms with Gasteiger partial charge in [0.25, 0.3) is 0 Å². The van der Waals surface area contributed by atoms with E-state index in [4.69, 9.17) is 0 Å². The van der Waals surface area contributed by atoms with E-state index in [1.165, 1.54) is 0 Å². The number of benzene rings is 3. The third-order valence-corrected chi connectivity index (χ3v) is 3.46. The summed E-state index contributed by atoms with van der Waals surface area (Å²) < 4.78 is 0. The fourth-order valence-electron chi connectivity index (χ4n) is 2.41. The highest BCUT2D eigenvalue weighted by molar-refractivity contribution is 5.91. The normalized spacial score (nSPS) is 10.0. The smallest absolute Gasteiger partial charge is 0.108 e. The highest BCUT2D eigenvalue weighted by Gasteiger charge is 2.05. The molecule has 22 heavy (non-hydrogen) atoms. The zero-order valence-corrected chi connectivity index (χ0v) is 12.0. The lowest BCUT2D eigenvalue weighted by molar-refractivity contribution is 1.48. The molecule has 3 aromatic rings. The van der Waals surface area contributed by atoms with Crippen LogP contribution >= 0.6 is 0 Å². The molecule has 0 bridgehead atoms. The zero-order chi connectivity index (χ0) is 15.2. The number of nitroso groups, excluding NO2 is 1. The van der Waals surface area contributed by atoms with Crippen LogP contribution in [0.25, 0.3) is 11.6 Å².